The number of rotatable bonds is 10. The molecule has 0 spiro atoms. The van der Waals surface area contributed by atoms with Gasteiger partial charge < -0.3 is 18.9 Å². The average molecular weight is 599 g/mol. The molecule has 3 aromatic rings. The molecule has 0 bridgehead atoms. The molecule has 0 N–H and O–H groups in total. The third-order valence-electron chi connectivity index (χ3n) is 8.07. The summed E-state index contributed by atoms with van der Waals surface area (Å²) in [4.78, 5) is 26.0. The van der Waals surface area contributed by atoms with E-state index in [1.807, 2.05) is 74.5 Å². The summed E-state index contributed by atoms with van der Waals surface area (Å²) in [5.74, 6) is 2.23. The Bertz CT molecular complexity index is 1480. The van der Waals surface area contributed by atoms with E-state index in [0.717, 1.165) is 33.7 Å². The lowest BCUT2D eigenvalue weighted by molar-refractivity contribution is -0.133. The Hall–Kier alpha value is -4.86. The fourth-order valence-electron chi connectivity index (χ4n) is 5.84. The van der Waals surface area contributed by atoms with Crippen molar-refractivity contribution in [3.05, 3.63) is 82.9 Å². The minimum atomic E-state index is -0.325. The summed E-state index contributed by atoms with van der Waals surface area (Å²) < 4.78 is 22.4. The topological polar surface area (TPSA) is 102 Å². The number of ether oxygens (including phenoxy) is 4. The Morgan fingerprint density at radius 3 is 1.34 bits per heavy atom. The number of benzene rings is 3. The first-order valence-corrected chi connectivity index (χ1v) is 14.7. The highest BCUT2D eigenvalue weighted by Crippen LogP contribution is 2.43. The van der Waals surface area contributed by atoms with Gasteiger partial charge in [0.25, 0.3) is 0 Å². The van der Waals surface area contributed by atoms with Gasteiger partial charge in [0.2, 0.25) is 11.8 Å². The van der Waals surface area contributed by atoms with Gasteiger partial charge >= 0.3 is 0 Å². The van der Waals surface area contributed by atoms with Crippen molar-refractivity contribution in [2.75, 3.05) is 28.4 Å². The second-order valence-electron chi connectivity index (χ2n) is 10.5. The number of hydrogen-bond donors (Lipinski definition) is 0. The number of hydrazone groups is 2. The molecule has 2 heterocycles. The normalized spacial score (nSPS) is 17.7. The molecule has 2 aliphatic heterocycles. The van der Waals surface area contributed by atoms with Gasteiger partial charge in [-0.15, -0.1) is 0 Å². The zero-order valence-electron chi connectivity index (χ0n) is 26.0. The van der Waals surface area contributed by atoms with Crippen molar-refractivity contribution in [3.63, 3.8) is 0 Å². The van der Waals surface area contributed by atoms with Gasteiger partial charge in [-0.3, -0.25) is 9.59 Å². The highest BCUT2D eigenvalue weighted by atomic mass is 16.5. The molecule has 10 heteroatoms. The minimum Gasteiger partial charge on any atom is -0.493 e. The van der Waals surface area contributed by atoms with Crippen molar-refractivity contribution in [1.82, 2.24) is 10.0 Å². The number of para-hydroxylation sites is 2. The molecule has 0 aliphatic carbocycles. The Morgan fingerprint density at radius 2 is 1.02 bits per heavy atom. The second-order valence-corrected chi connectivity index (χ2v) is 10.5. The molecule has 3 aromatic carbocycles. The van der Waals surface area contributed by atoms with Crippen LogP contribution in [0.2, 0.25) is 0 Å². The third kappa shape index (κ3) is 5.59. The molecule has 0 aromatic heterocycles. The van der Waals surface area contributed by atoms with E-state index in [9.17, 15) is 9.59 Å². The van der Waals surface area contributed by atoms with Crippen LogP contribution < -0.4 is 18.9 Å². The van der Waals surface area contributed by atoms with E-state index < -0.39 is 0 Å². The first-order valence-electron chi connectivity index (χ1n) is 14.7. The Morgan fingerprint density at radius 1 is 0.636 bits per heavy atom. The molecule has 2 amide bonds. The second kappa shape index (κ2) is 13.2. The summed E-state index contributed by atoms with van der Waals surface area (Å²) in [6, 6.07) is 18.6. The van der Waals surface area contributed by atoms with Gasteiger partial charge in [0, 0.05) is 36.8 Å². The fraction of sp³-hybridized carbons (Fsp3) is 0.353. The smallest absolute Gasteiger partial charge is 0.242 e. The standard InChI is InChI=1S/C34H38N4O6/c1-7-31(39)37-27(23-11-9-13-29(41-3)33(23)43-5)19-25(35-37)21-15-17-22(18-16-21)26-20-28(38(36-26)32(40)8-2)24-12-10-14-30(42-4)34(24)44-6/h9-18,27-28H,7-8,19-20H2,1-6H3/t27-,28-/m0/s1. The van der Waals surface area contributed by atoms with E-state index in [-0.39, 0.29) is 23.9 Å². The van der Waals surface area contributed by atoms with Gasteiger partial charge in [-0.05, 0) is 23.3 Å². The number of amides is 2. The van der Waals surface area contributed by atoms with Crippen LogP contribution in [0.15, 0.2) is 70.9 Å². The van der Waals surface area contributed by atoms with Gasteiger partial charge in [0.1, 0.15) is 0 Å². The SMILES string of the molecule is CCC(=O)N1N=C(c2ccc(C3=NN(C(=O)CC)[C@H](c4cccc(OC)c4OC)C3)cc2)C[C@H]1c1cccc(OC)c1OC. The molecular formula is C34H38N4O6. The van der Waals surface area contributed by atoms with E-state index in [1.54, 1.807) is 38.5 Å². The maximum absolute atomic E-state index is 13.0. The predicted molar refractivity (Wildman–Crippen MR) is 168 cm³/mol. The van der Waals surface area contributed by atoms with Crippen LogP contribution in [0.4, 0.5) is 0 Å². The van der Waals surface area contributed by atoms with Crippen LogP contribution >= 0.6 is 0 Å². The van der Waals surface area contributed by atoms with Gasteiger partial charge in [0.05, 0.1) is 51.9 Å². The molecular weight excluding hydrogens is 560 g/mol. The number of carbonyl (C=O) groups excluding carboxylic acids is 2. The van der Waals surface area contributed by atoms with Crippen LogP contribution in [0, 0.1) is 0 Å². The molecule has 2 atom stereocenters. The molecule has 10 nitrogen and oxygen atoms in total. The Kier molecular flexibility index (Phi) is 9.18. The quantitative estimate of drug-likeness (QED) is 0.288. The zero-order chi connectivity index (χ0) is 31.4. The van der Waals surface area contributed by atoms with Crippen molar-refractivity contribution >= 4 is 23.2 Å². The summed E-state index contributed by atoms with van der Waals surface area (Å²) in [5, 5.41) is 12.7. The van der Waals surface area contributed by atoms with Crippen molar-refractivity contribution in [2.24, 2.45) is 10.2 Å². The van der Waals surface area contributed by atoms with Crippen LogP contribution in [0.5, 0.6) is 23.0 Å². The summed E-state index contributed by atoms with van der Waals surface area (Å²) >= 11 is 0. The molecule has 0 unspecified atom stereocenters. The van der Waals surface area contributed by atoms with E-state index in [2.05, 4.69) is 0 Å². The molecule has 2 aliphatic rings. The highest BCUT2D eigenvalue weighted by molar-refractivity contribution is 6.06. The fourth-order valence-corrected chi connectivity index (χ4v) is 5.84. The van der Waals surface area contributed by atoms with E-state index in [4.69, 9.17) is 29.2 Å². The number of carbonyl (C=O) groups is 2. The van der Waals surface area contributed by atoms with Gasteiger partial charge in [-0.1, -0.05) is 62.4 Å². The first kappa shape index (κ1) is 30.6. The molecule has 0 fully saturated rings. The summed E-state index contributed by atoms with van der Waals surface area (Å²) in [7, 11) is 6.38. The molecule has 44 heavy (non-hydrogen) atoms. The van der Waals surface area contributed by atoms with Crippen LogP contribution in [-0.2, 0) is 9.59 Å². The summed E-state index contributed by atoms with van der Waals surface area (Å²) in [5.41, 5.74) is 5.07. The zero-order valence-corrected chi connectivity index (χ0v) is 26.0. The van der Waals surface area contributed by atoms with Gasteiger partial charge in [0.15, 0.2) is 23.0 Å². The molecule has 0 saturated carbocycles. The first-order chi connectivity index (χ1) is 21.4. The van der Waals surface area contributed by atoms with Crippen LogP contribution in [-0.4, -0.2) is 61.7 Å². The lowest BCUT2D eigenvalue weighted by atomic mass is 9.94. The lowest BCUT2D eigenvalue weighted by Crippen LogP contribution is -2.26. The molecule has 0 radical (unpaired) electrons. The maximum Gasteiger partial charge on any atom is 0.242 e. The van der Waals surface area contributed by atoms with E-state index in [0.29, 0.717) is 48.7 Å². The van der Waals surface area contributed by atoms with E-state index in [1.165, 1.54) is 0 Å². The van der Waals surface area contributed by atoms with Crippen molar-refractivity contribution < 1.29 is 28.5 Å². The monoisotopic (exact) mass is 598 g/mol. The lowest BCUT2D eigenvalue weighted by Gasteiger charge is -2.24. The van der Waals surface area contributed by atoms with Gasteiger partial charge in [-0.2, -0.15) is 10.2 Å². The van der Waals surface area contributed by atoms with Crippen molar-refractivity contribution in [2.45, 2.75) is 51.6 Å². The van der Waals surface area contributed by atoms with Crippen LogP contribution in [0.3, 0.4) is 0 Å². The number of hydrogen-bond acceptors (Lipinski definition) is 8. The van der Waals surface area contributed by atoms with Crippen molar-refractivity contribution in [3.8, 4) is 23.0 Å². The maximum atomic E-state index is 13.0. The summed E-state index contributed by atoms with van der Waals surface area (Å²) in [6.45, 7) is 3.65. The predicted octanol–water partition coefficient (Wildman–Crippen LogP) is 5.90. The molecule has 5 rings (SSSR count). The van der Waals surface area contributed by atoms with Crippen LogP contribution in [0.25, 0.3) is 0 Å². The summed E-state index contributed by atoms with van der Waals surface area (Å²) in [6.07, 6.45) is 1.69. The minimum absolute atomic E-state index is 0.0773. The molecule has 0 saturated heterocycles. The van der Waals surface area contributed by atoms with Crippen molar-refractivity contribution in [1.29, 1.82) is 0 Å². The number of methoxy groups -OCH3 is 4. The third-order valence-corrected chi connectivity index (χ3v) is 8.07. The highest BCUT2D eigenvalue weighted by Gasteiger charge is 2.36. The van der Waals surface area contributed by atoms with Crippen LogP contribution in [0.1, 0.15) is 73.9 Å². The molecule has 230 valence electrons. The van der Waals surface area contributed by atoms with Gasteiger partial charge in [-0.25, -0.2) is 10.0 Å². The largest absolute Gasteiger partial charge is 0.493 e. The Labute approximate surface area is 257 Å². The van der Waals surface area contributed by atoms with E-state index >= 15 is 0 Å². The average Bonchev–Trinajstić information content (AvgIpc) is 3.72. The number of nitrogens with zero attached hydrogens (tertiary/aromatic N) is 4. The Balaban J connectivity index is 1.43.